The third-order valence-corrected chi connectivity index (χ3v) is 4.99. The highest BCUT2D eigenvalue weighted by atomic mass is 19.1. The Morgan fingerprint density at radius 2 is 1.83 bits per heavy atom. The lowest BCUT2D eigenvalue weighted by molar-refractivity contribution is -0.144. The second-order valence-corrected chi connectivity index (χ2v) is 8.64. The van der Waals surface area contributed by atoms with Gasteiger partial charge in [0.25, 0.3) is 0 Å². The predicted octanol–water partition coefficient (Wildman–Crippen LogP) is 4.44. The van der Waals surface area contributed by atoms with Crippen molar-refractivity contribution >= 4 is 12.1 Å². The molecule has 1 aliphatic rings. The van der Waals surface area contributed by atoms with Crippen LogP contribution in [-0.2, 0) is 27.1 Å². The second kappa shape index (κ2) is 9.28. The van der Waals surface area contributed by atoms with E-state index in [0.717, 1.165) is 5.56 Å². The molecule has 0 aromatic heterocycles. The Kier molecular flexibility index (Phi) is 6.75. The summed E-state index contributed by atoms with van der Waals surface area (Å²) >= 11 is 0. The van der Waals surface area contributed by atoms with Gasteiger partial charge in [-0.2, -0.15) is 0 Å². The number of cyclic esters (lactones) is 1. The molecule has 0 saturated carbocycles. The smallest absolute Gasteiger partial charge is 0.407 e. The summed E-state index contributed by atoms with van der Waals surface area (Å²) < 4.78 is 24.9. The SMILES string of the molecule is CC(C)(C)OC(=O)N[C@@H](Cc1ccccc1)[C@H]1C[C@@H](Cc2ccccc2F)OC1=O. The third-order valence-electron chi connectivity index (χ3n) is 4.99. The van der Waals surface area contributed by atoms with Crippen LogP contribution in [-0.4, -0.2) is 29.8 Å². The highest BCUT2D eigenvalue weighted by Crippen LogP contribution is 2.29. The molecular weight excluding hydrogens is 385 g/mol. The number of alkyl carbamates (subject to hydrolysis) is 1. The van der Waals surface area contributed by atoms with Crippen LogP contribution in [0.4, 0.5) is 9.18 Å². The molecule has 0 unspecified atom stereocenters. The zero-order chi connectivity index (χ0) is 21.7. The molecule has 0 spiro atoms. The molecule has 6 heteroatoms. The minimum absolute atomic E-state index is 0.305. The lowest BCUT2D eigenvalue weighted by Crippen LogP contribution is -2.45. The number of benzene rings is 2. The number of nitrogens with one attached hydrogen (secondary N) is 1. The molecule has 1 fully saturated rings. The van der Waals surface area contributed by atoms with Gasteiger partial charge >= 0.3 is 12.1 Å². The normalized spacial score (nSPS) is 19.8. The van der Waals surface area contributed by atoms with Crippen molar-refractivity contribution in [2.24, 2.45) is 5.92 Å². The molecule has 30 heavy (non-hydrogen) atoms. The summed E-state index contributed by atoms with van der Waals surface area (Å²) in [4.78, 5) is 25.1. The molecule has 2 aromatic rings. The fraction of sp³-hybridized carbons (Fsp3) is 0.417. The van der Waals surface area contributed by atoms with Crippen LogP contribution in [0.15, 0.2) is 54.6 Å². The highest BCUT2D eigenvalue weighted by Gasteiger charge is 2.41. The van der Waals surface area contributed by atoms with E-state index in [-0.39, 0.29) is 11.8 Å². The lowest BCUT2D eigenvalue weighted by Gasteiger charge is -2.26. The van der Waals surface area contributed by atoms with Gasteiger partial charge in [-0.25, -0.2) is 9.18 Å². The Morgan fingerprint density at radius 1 is 1.17 bits per heavy atom. The van der Waals surface area contributed by atoms with E-state index in [4.69, 9.17) is 9.47 Å². The van der Waals surface area contributed by atoms with Crippen molar-refractivity contribution < 1.29 is 23.5 Å². The predicted molar refractivity (Wildman–Crippen MR) is 111 cm³/mol. The number of rotatable bonds is 6. The molecule has 0 radical (unpaired) electrons. The van der Waals surface area contributed by atoms with Gasteiger partial charge in [-0.3, -0.25) is 4.79 Å². The van der Waals surface area contributed by atoms with Crippen molar-refractivity contribution in [3.63, 3.8) is 0 Å². The molecule has 1 saturated heterocycles. The first-order chi connectivity index (χ1) is 14.2. The molecule has 0 bridgehead atoms. The van der Waals surface area contributed by atoms with Crippen LogP contribution in [0.1, 0.15) is 38.3 Å². The Hall–Kier alpha value is -2.89. The van der Waals surface area contributed by atoms with Crippen molar-refractivity contribution in [2.75, 3.05) is 0 Å². The number of carbonyl (C=O) groups excluding carboxylic acids is 2. The number of carbonyl (C=O) groups is 2. The Bertz CT molecular complexity index is 878. The summed E-state index contributed by atoms with van der Waals surface area (Å²) in [5.74, 6) is -1.23. The van der Waals surface area contributed by atoms with Crippen molar-refractivity contribution in [3.8, 4) is 0 Å². The van der Waals surface area contributed by atoms with E-state index in [1.54, 1.807) is 39.0 Å². The van der Waals surface area contributed by atoms with Gasteiger partial charge in [-0.15, -0.1) is 0 Å². The van der Waals surface area contributed by atoms with Crippen LogP contribution >= 0.6 is 0 Å². The standard InChI is InChI=1S/C24H28FNO4/c1-24(2,3)30-23(28)26-21(13-16-9-5-4-6-10-16)19-15-18(29-22(19)27)14-17-11-7-8-12-20(17)25/h4-12,18-19,21H,13-15H2,1-3H3,(H,26,28)/t18-,19-,21+/m1/s1. The van der Waals surface area contributed by atoms with E-state index < -0.39 is 29.8 Å². The molecule has 1 N–H and O–H groups in total. The molecule has 1 aliphatic heterocycles. The van der Waals surface area contributed by atoms with E-state index in [1.165, 1.54) is 6.07 Å². The minimum Gasteiger partial charge on any atom is -0.462 e. The monoisotopic (exact) mass is 413 g/mol. The number of ether oxygens (including phenoxy) is 2. The van der Waals surface area contributed by atoms with Crippen LogP contribution in [0.3, 0.4) is 0 Å². The van der Waals surface area contributed by atoms with Crippen molar-refractivity contribution in [3.05, 3.63) is 71.5 Å². The second-order valence-electron chi connectivity index (χ2n) is 8.64. The lowest BCUT2D eigenvalue weighted by atomic mass is 9.89. The van der Waals surface area contributed by atoms with Gasteiger partial charge in [0, 0.05) is 12.5 Å². The van der Waals surface area contributed by atoms with Crippen LogP contribution in [0, 0.1) is 11.7 Å². The van der Waals surface area contributed by atoms with Gasteiger partial charge < -0.3 is 14.8 Å². The third kappa shape index (κ3) is 6.05. The highest BCUT2D eigenvalue weighted by molar-refractivity contribution is 5.77. The van der Waals surface area contributed by atoms with Gasteiger partial charge in [0.15, 0.2) is 0 Å². The molecule has 2 aromatic carbocycles. The first kappa shape index (κ1) is 21.8. The first-order valence-electron chi connectivity index (χ1n) is 10.2. The summed E-state index contributed by atoms with van der Waals surface area (Å²) in [5, 5.41) is 2.85. The molecular formula is C24H28FNO4. The Balaban J connectivity index is 1.73. The summed E-state index contributed by atoms with van der Waals surface area (Å²) in [6, 6.07) is 15.6. The number of esters is 1. The molecule has 3 atom stereocenters. The summed E-state index contributed by atoms with van der Waals surface area (Å²) in [7, 11) is 0. The van der Waals surface area contributed by atoms with Crippen LogP contribution in [0.25, 0.3) is 0 Å². The van der Waals surface area contributed by atoms with E-state index in [2.05, 4.69) is 5.32 Å². The Labute approximate surface area is 176 Å². The van der Waals surface area contributed by atoms with Gasteiger partial charge in [-0.05, 0) is 50.8 Å². The quantitative estimate of drug-likeness (QED) is 0.712. The van der Waals surface area contributed by atoms with Crippen molar-refractivity contribution in [1.82, 2.24) is 5.32 Å². The molecule has 3 rings (SSSR count). The van der Waals surface area contributed by atoms with E-state index in [0.29, 0.717) is 24.8 Å². The molecule has 5 nitrogen and oxygen atoms in total. The maximum atomic E-state index is 14.0. The number of amides is 1. The zero-order valence-corrected chi connectivity index (χ0v) is 17.6. The maximum absolute atomic E-state index is 14.0. The van der Waals surface area contributed by atoms with Gasteiger partial charge in [0.1, 0.15) is 17.5 Å². The van der Waals surface area contributed by atoms with E-state index in [9.17, 15) is 14.0 Å². The largest absolute Gasteiger partial charge is 0.462 e. The maximum Gasteiger partial charge on any atom is 0.407 e. The van der Waals surface area contributed by atoms with Crippen LogP contribution < -0.4 is 5.32 Å². The van der Waals surface area contributed by atoms with Crippen LogP contribution in [0.5, 0.6) is 0 Å². The van der Waals surface area contributed by atoms with Crippen molar-refractivity contribution in [2.45, 2.75) is 57.8 Å². The average molecular weight is 413 g/mol. The van der Waals surface area contributed by atoms with Gasteiger partial charge in [0.05, 0.1) is 5.92 Å². The number of hydrogen-bond donors (Lipinski definition) is 1. The zero-order valence-electron chi connectivity index (χ0n) is 17.6. The van der Waals surface area contributed by atoms with Gasteiger partial charge in [0.2, 0.25) is 0 Å². The summed E-state index contributed by atoms with van der Waals surface area (Å²) in [6.07, 6.45) is 0.165. The molecule has 1 amide bonds. The fourth-order valence-corrected chi connectivity index (χ4v) is 3.66. The number of hydrogen-bond acceptors (Lipinski definition) is 4. The topological polar surface area (TPSA) is 64.6 Å². The summed E-state index contributed by atoms with van der Waals surface area (Å²) in [6.45, 7) is 5.35. The van der Waals surface area contributed by atoms with Crippen molar-refractivity contribution in [1.29, 1.82) is 0 Å². The first-order valence-corrected chi connectivity index (χ1v) is 10.2. The average Bonchev–Trinajstić information content (AvgIpc) is 3.02. The van der Waals surface area contributed by atoms with E-state index >= 15 is 0 Å². The molecule has 0 aliphatic carbocycles. The summed E-state index contributed by atoms with van der Waals surface area (Å²) in [5.41, 5.74) is 0.852. The number of halogens is 1. The minimum atomic E-state index is -0.648. The van der Waals surface area contributed by atoms with Gasteiger partial charge in [-0.1, -0.05) is 48.5 Å². The fourth-order valence-electron chi connectivity index (χ4n) is 3.66. The molecule has 1 heterocycles. The van der Waals surface area contributed by atoms with Crippen LogP contribution in [0.2, 0.25) is 0 Å². The van der Waals surface area contributed by atoms with E-state index in [1.807, 2.05) is 30.3 Å². The molecule has 160 valence electrons. The Morgan fingerprint density at radius 3 is 2.50 bits per heavy atom.